The first-order valence-corrected chi connectivity index (χ1v) is 15.3. The summed E-state index contributed by atoms with van der Waals surface area (Å²) in [6, 6.07) is 20.4. The van der Waals surface area contributed by atoms with Crippen molar-refractivity contribution >= 4 is 23.8 Å². The summed E-state index contributed by atoms with van der Waals surface area (Å²) in [5.74, 6) is -1.88. The summed E-state index contributed by atoms with van der Waals surface area (Å²) in [6.07, 6.45) is 0.880. The number of hydrogen-bond acceptors (Lipinski definition) is 11. The van der Waals surface area contributed by atoms with Gasteiger partial charge in [-0.25, -0.2) is 5.01 Å². The third kappa shape index (κ3) is 12.6. The van der Waals surface area contributed by atoms with Crippen molar-refractivity contribution in [2.24, 2.45) is 0 Å². The monoisotopic (exact) mass is 648 g/mol. The van der Waals surface area contributed by atoms with Gasteiger partial charge in [0.1, 0.15) is 0 Å². The minimum absolute atomic E-state index is 0.0563. The summed E-state index contributed by atoms with van der Waals surface area (Å²) in [7, 11) is 2.52. The molecule has 0 bridgehead atoms. The number of aliphatic hydroxyl groups excluding tert-OH is 1. The van der Waals surface area contributed by atoms with Crippen LogP contribution in [-0.2, 0) is 41.6 Å². The van der Waals surface area contributed by atoms with Crippen LogP contribution in [0.1, 0.15) is 25.0 Å². The number of methoxy groups -OCH3 is 2. The molecule has 3 rings (SSSR count). The highest BCUT2D eigenvalue weighted by Crippen LogP contribution is 2.18. The third-order valence-corrected chi connectivity index (χ3v) is 7.40. The highest BCUT2D eigenvalue weighted by Gasteiger charge is 2.28. The molecule has 47 heavy (non-hydrogen) atoms. The molecule has 0 aliphatic heterocycles. The van der Waals surface area contributed by atoms with E-state index < -0.39 is 48.0 Å². The summed E-state index contributed by atoms with van der Waals surface area (Å²) in [4.78, 5) is 53.9. The molecule has 13 heteroatoms. The number of esters is 2. The fraction of sp³-hybridized carbons (Fsp3) is 0.382. The third-order valence-electron chi connectivity index (χ3n) is 7.40. The molecule has 0 spiro atoms. The number of nitrogens with zero attached hydrogens (tertiary/aromatic N) is 2. The van der Waals surface area contributed by atoms with Crippen molar-refractivity contribution in [3.05, 3.63) is 90.1 Å². The second-order valence-electron chi connectivity index (χ2n) is 11.0. The molecular weight excluding hydrogens is 604 g/mol. The molecule has 0 saturated carbocycles. The molecule has 4 atom stereocenters. The molecule has 1 aromatic heterocycles. The van der Waals surface area contributed by atoms with Crippen molar-refractivity contribution in [2.75, 3.05) is 33.9 Å². The van der Waals surface area contributed by atoms with Crippen LogP contribution in [0.5, 0.6) is 0 Å². The van der Waals surface area contributed by atoms with Crippen LogP contribution in [0.2, 0.25) is 0 Å². The molecule has 0 aliphatic rings. The first-order chi connectivity index (χ1) is 22.6. The Labute approximate surface area is 275 Å². The number of aliphatic hydroxyl groups is 1. The molecule has 252 valence electrons. The zero-order valence-electron chi connectivity index (χ0n) is 27.1. The van der Waals surface area contributed by atoms with E-state index >= 15 is 0 Å². The van der Waals surface area contributed by atoms with E-state index in [0.717, 1.165) is 22.4 Å². The molecule has 0 aliphatic carbocycles. The van der Waals surface area contributed by atoms with Crippen molar-refractivity contribution in [2.45, 2.75) is 51.0 Å². The van der Waals surface area contributed by atoms with Gasteiger partial charge in [0, 0.05) is 24.8 Å². The van der Waals surface area contributed by atoms with Crippen LogP contribution in [0.25, 0.3) is 11.3 Å². The fourth-order valence-electron chi connectivity index (χ4n) is 4.55. The van der Waals surface area contributed by atoms with E-state index in [2.05, 4.69) is 35.8 Å². The Morgan fingerprint density at radius 3 is 1.96 bits per heavy atom. The Morgan fingerprint density at radius 1 is 0.787 bits per heavy atom. The van der Waals surface area contributed by atoms with Gasteiger partial charge in [0.15, 0.2) is 0 Å². The van der Waals surface area contributed by atoms with Gasteiger partial charge in [0.2, 0.25) is 5.91 Å². The molecular formula is C34H44N6O7. The molecule has 2 aromatic carbocycles. The fourth-order valence-corrected chi connectivity index (χ4v) is 4.55. The predicted molar refractivity (Wildman–Crippen MR) is 175 cm³/mol. The predicted octanol–water partition coefficient (Wildman–Crippen LogP) is 0.972. The van der Waals surface area contributed by atoms with Crippen LogP contribution >= 0.6 is 0 Å². The SMILES string of the molecule is COC(=O)CN[C@@H](C)C(=O)NN(Cc1ccc(-c2ccccn2)cc1)C[C@H](O)[C@H](Cc1ccccc1)NC(=O)[C@@H](C)NCC(=O)OC. The second kappa shape index (κ2) is 19.1. The normalized spacial score (nSPS) is 13.6. The smallest absolute Gasteiger partial charge is 0.319 e. The molecule has 13 nitrogen and oxygen atoms in total. The Bertz CT molecular complexity index is 1430. The van der Waals surface area contributed by atoms with Gasteiger partial charge in [-0.3, -0.25) is 40.2 Å². The van der Waals surface area contributed by atoms with Crippen molar-refractivity contribution in [1.29, 1.82) is 0 Å². The lowest BCUT2D eigenvalue weighted by Crippen LogP contribution is -2.57. The van der Waals surface area contributed by atoms with Crippen molar-refractivity contribution in [1.82, 2.24) is 31.4 Å². The summed E-state index contributed by atoms with van der Waals surface area (Å²) >= 11 is 0. The highest BCUT2D eigenvalue weighted by molar-refractivity contribution is 5.83. The van der Waals surface area contributed by atoms with E-state index in [9.17, 15) is 24.3 Å². The number of carbonyl (C=O) groups is 4. The minimum atomic E-state index is -1.14. The van der Waals surface area contributed by atoms with Gasteiger partial charge in [0.25, 0.3) is 5.91 Å². The summed E-state index contributed by atoms with van der Waals surface area (Å²) < 4.78 is 9.29. The second-order valence-corrected chi connectivity index (χ2v) is 11.0. The number of hydrazine groups is 1. The van der Waals surface area contributed by atoms with Crippen molar-refractivity contribution in [3.63, 3.8) is 0 Å². The van der Waals surface area contributed by atoms with Crippen molar-refractivity contribution in [3.8, 4) is 11.3 Å². The lowest BCUT2D eigenvalue weighted by Gasteiger charge is -2.32. The number of rotatable bonds is 18. The molecule has 1 heterocycles. The molecule has 2 amide bonds. The maximum absolute atomic E-state index is 13.2. The van der Waals surface area contributed by atoms with E-state index in [1.54, 1.807) is 25.1 Å². The molecule has 0 saturated heterocycles. The maximum atomic E-state index is 13.2. The van der Waals surface area contributed by atoms with Crippen LogP contribution in [0.3, 0.4) is 0 Å². The van der Waals surface area contributed by atoms with Crippen LogP contribution in [-0.4, -0.2) is 96.9 Å². The lowest BCUT2D eigenvalue weighted by atomic mass is 10.00. The van der Waals surface area contributed by atoms with E-state index in [4.69, 9.17) is 0 Å². The van der Waals surface area contributed by atoms with Gasteiger partial charge >= 0.3 is 11.9 Å². The average Bonchev–Trinajstić information content (AvgIpc) is 3.09. The van der Waals surface area contributed by atoms with E-state index in [-0.39, 0.29) is 26.2 Å². The minimum Gasteiger partial charge on any atom is -0.468 e. The maximum Gasteiger partial charge on any atom is 0.319 e. The number of ether oxygens (including phenoxy) is 2. The van der Waals surface area contributed by atoms with Gasteiger partial charge in [-0.1, -0.05) is 60.7 Å². The van der Waals surface area contributed by atoms with E-state index in [1.807, 2.05) is 72.8 Å². The lowest BCUT2D eigenvalue weighted by molar-refractivity contribution is -0.141. The summed E-state index contributed by atoms with van der Waals surface area (Å²) in [6.45, 7) is 3.06. The van der Waals surface area contributed by atoms with Crippen LogP contribution in [0, 0.1) is 0 Å². The molecule has 5 N–H and O–H groups in total. The molecule has 0 unspecified atom stereocenters. The number of aromatic nitrogens is 1. The van der Waals surface area contributed by atoms with Crippen LogP contribution in [0.4, 0.5) is 0 Å². The van der Waals surface area contributed by atoms with Gasteiger partial charge in [-0.15, -0.1) is 0 Å². The Morgan fingerprint density at radius 2 is 1.38 bits per heavy atom. The van der Waals surface area contributed by atoms with E-state index in [1.165, 1.54) is 14.2 Å². The molecule has 0 fully saturated rings. The molecule has 3 aromatic rings. The zero-order chi connectivity index (χ0) is 34.2. The number of pyridine rings is 1. The van der Waals surface area contributed by atoms with Crippen molar-refractivity contribution < 1.29 is 33.8 Å². The zero-order valence-corrected chi connectivity index (χ0v) is 27.1. The number of benzene rings is 2. The van der Waals surface area contributed by atoms with Crippen LogP contribution < -0.4 is 21.4 Å². The van der Waals surface area contributed by atoms with Gasteiger partial charge in [-0.05, 0) is 43.5 Å². The van der Waals surface area contributed by atoms with Gasteiger partial charge in [-0.2, -0.15) is 0 Å². The number of carbonyl (C=O) groups excluding carboxylic acids is 4. The summed E-state index contributed by atoms with van der Waals surface area (Å²) in [5, 5.41) is 21.7. The Balaban J connectivity index is 1.80. The average molecular weight is 649 g/mol. The standard InChI is InChI=1S/C34H44N6O7/c1-23(36-19-31(42)46-3)33(44)38-29(18-25-10-6-5-7-11-25)30(41)22-40(39-34(45)24(2)37-20-32(43)47-4)21-26-13-15-27(16-14-26)28-12-8-9-17-35-28/h5-17,23-24,29-30,36-37,41H,18-22H2,1-4H3,(H,38,44)(H,39,45)/t23-,24+,29+,30+/m1/s1. The summed E-state index contributed by atoms with van der Waals surface area (Å²) in [5.41, 5.74) is 6.32. The number of amides is 2. The first-order valence-electron chi connectivity index (χ1n) is 15.3. The van der Waals surface area contributed by atoms with Gasteiger partial charge in [0.05, 0.1) is 57.2 Å². The van der Waals surface area contributed by atoms with E-state index in [0.29, 0.717) is 6.42 Å². The quantitative estimate of drug-likeness (QED) is 0.0984. The first kappa shape index (κ1) is 36.8. The topological polar surface area (TPSA) is 171 Å². The Kier molecular flexibility index (Phi) is 14.9. The van der Waals surface area contributed by atoms with Gasteiger partial charge < -0.3 is 19.9 Å². The van der Waals surface area contributed by atoms with Crippen LogP contribution in [0.15, 0.2) is 79.0 Å². The highest BCUT2D eigenvalue weighted by atomic mass is 16.5. The number of nitrogens with one attached hydrogen (secondary N) is 4. The Hall–Kier alpha value is -4.69. The number of hydrogen-bond donors (Lipinski definition) is 5. The largest absolute Gasteiger partial charge is 0.468 e. The molecule has 0 radical (unpaired) electrons.